The number of sulfonamides is 1. The largest absolute Gasteiger partial charge is 0.483 e. The standard InChI is InChI=1S/C22H24N2O6S/c1-13-8-9-18(21-17(25)10-14(2)20(13)21)30-12-19(26)23-31(28,29)16-7-5-6-15(11-16)22(27)24(3)4/h5-9,11,14H,10,12H2,1-4H3,(H,23,26). The summed E-state index contributed by atoms with van der Waals surface area (Å²) < 4.78 is 32.6. The molecule has 0 spiro atoms. The van der Waals surface area contributed by atoms with Gasteiger partial charge in [-0.25, -0.2) is 13.1 Å². The summed E-state index contributed by atoms with van der Waals surface area (Å²) in [5, 5.41) is 0. The second kappa shape index (κ2) is 8.50. The van der Waals surface area contributed by atoms with E-state index in [4.69, 9.17) is 4.74 Å². The van der Waals surface area contributed by atoms with Crippen LogP contribution >= 0.6 is 0 Å². The van der Waals surface area contributed by atoms with Crippen LogP contribution in [0.5, 0.6) is 5.75 Å². The fourth-order valence-corrected chi connectivity index (χ4v) is 4.68. The molecule has 0 saturated carbocycles. The summed E-state index contributed by atoms with van der Waals surface area (Å²) >= 11 is 0. The van der Waals surface area contributed by atoms with Gasteiger partial charge in [-0.3, -0.25) is 14.4 Å². The lowest BCUT2D eigenvalue weighted by Gasteiger charge is -2.14. The smallest absolute Gasteiger partial charge is 0.271 e. The Bertz CT molecular complexity index is 1170. The highest BCUT2D eigenvalue weighted by Crippen LogP contribution is 2.40. The molecule has 1 unspecified atom stereocenters. The summed E-state index contributed by atoms with van der Waals surface area (Å²) in [4.78, 5) is 37.8. The van der Waals surface area contributed by atoms with Crippen LogP contribution in [0.15, 0.2) is 41.3 Å². The number of hydrogen-bond donors (Lipinski definition) is 1. The van der Waals surface area contributed by atoms with Crippen molar-refractivity contribution in [1.82, 2.24) is 9.62 Å². The van der Waals surface area contributed by atoms with Crippen LogP contribution in [-0.4, -0.2) is 51.6 Å². The third kappa shape index (κ3) is 4.61. The van der Waals surface area contributed by atoms with Gasteiger partial charge in [0.1, 0.15) is 5.75 Å². The van der Waals surface area contributed by atoms with E-state index in [1.165, 1.54) is 29.2 Å². The Morgan fingerprint density at radius 2 is 1.90 bits per heavy atom. The maximum Gasteiger partial charge on any atom is 0.271 e. The molecule has 0 heterocycles. The van der Waals surface area contributed by atoms with Crippen molar-refractivity contribution >= 4 is 27.6 Å². The normalized spacial score (nSPS) is 15.4. The number of nitrogens with one attached hydrogen (secondary N) is 1. The summed E-state index contributed by atoms with van der Waals surface area (Å²) in [6.07, 6.45) is 0.374. The number of ether oxygens (including phenoxy) is 1. The summed E-state index contributed by atoms with van der Waals surface area (Å²) in [5.41, 5.74) is 2.51. The van der Waals surface area contributed by atoms with Crippen LogP contribution in [0.3, 0.4) is 0 Å². The Kier molecular flexibility index (Phi) is 6.17. The zero-order valence-electron chi connectivity index (χ0n) is 17.8. The number of rotatable bonds is 6. The van der Waals surface area contributed by atoms with Gasteiger partial charge < -0.3 is 9.64 Å². The molecule has 31 heavy (non-hydrogen) atoms. The molecule has 0 fully saturated rings. The van der Waals surface area contributed by atoms with Crippen LogP contribution in [-0.2, 0) is 14.8 Å². The molecule has 8 nitrogen and oxygen atoms in total. The SMILES string of the molecule is Cc1ccc(OCC(=O)NS(=O)(=O)c2cccc(C(=O)N(C)C)c2)c2c1C(C)CC2=O. The van der Waals surface area contributed by atoms with Gasteiger partial charge in [0.2, 0.25) is 0 Å². The number of carbonyl (C=O) groups is 3. The molecular formula is C22H24N2O6S. The van der Waals surface area contributed by atoms with Crippen molar-refractivity contribution in [1.29, 1.82) is 0 Å². The molecule has 2 aromatic rings. The Balaban J connectivity index is 1.73. The average Bonchev–Trinajstić information content (AvgIpc) is 3.01. The number of amides is 2. The van der Waals surface area contributed by atoms with Crippen molar-refractivity contribution in [3.63, 3.8) is 0 Å². The lowest BCUT2D eigenvalue weighted by atomic mass is 9.97. The van der Waals surface area contributed by atoms with Crippen LogP contribution < -0.4 is 9.46 Å². The minimum absolute atomic E-state index is 0.0587. The first-order valence-electron chi connectivity index (χ1n) is 9.68. The van der Waals surface area contributed by atoms with E-state index < -0.39 is 22.5 Å². The molecule has 1 aliphatic rings. The Hall–Kier alpha value is -3.20. The van der Waals surface area contributed by atoms with Crippen molar-refractivity contribution in [3.8, 4) is 5.75 Å². The van der Waals surface area contributed by atoms with E-state index >= 15 is 0 Å². The summed E-state index contributed by atoms with van der Waals surface area (Å²) in [7, 11) is -1.10. The highest BCUT2D eigenvalue weighted by atomic mass is 32.2. The first-order valence-corrected chi connectivity index (χ1v) is 11.2. The van der Waals surface area contributed by atoms with Gasteiger partial charge in [0.05, 0.1) is 10.5 Å². The second-order valence-electron chi connectivity index (χ2n) is 7.74. The van der Waals surface area contributed by atoms with Gasteiger partial charge in [-0.1, -0.05) is 19.1 Å². The lowest BCUT2D eigenvalue weighted by molar-refractivity contribution is -0.121. The van der Waals surface area contributed by atoms with Gasteiger partial charge >= 0.3 is 0 Å². The monoisotopic (exact) mass is 444 g/mol. The van der Waals surface area contributed by atoms with E-state index in [-0.39, 0.29) is 33.8 Å². The summed E-state index contributed by atoms with van der Waals surface area (Å²) in [5.74, 6) is -0.980. The molecule has 1 N–H and O–H groups in total. The molecule has 0 aliphatic heterocycles. The van der Waals surface area contributed by atoms with Gasteiger partial charge in [-0.2, -0.15) is 0 Å². The molecular weight excluding hydrogens is 420 g/mol. The first-order chi connectivity index (χ1) is 14.5. The third-order valence-electron chi connectivity index (χ3n) is 5.09. The predicted octanol–water partition coefficient (Wildman–Crippen LogP) is 2.27. The van der Waals surface area contributed by atoms with Gasteiger partial charge in [-0.15, -0.1) is 0 Å². The zero-order chi connectivity index (χ0) is 22.9. The summed E-state index contributed by atoms with van der Waals surface area (Å²) in [6.45, 7) is 3.29. The van der Waals surface area contributed by atoms with Crippen molar-refractivity contribution in [2.75, 3.05) is 20.7 Å². The molecule has 0 radical (unpaired) electrons. The zero-order valence-corrected chi connectivity index (χ0v) is 18.6. The topological polar surface area (TPSA) is 110 Å². The Morgan fingerprint density at radius 3 is 2.58 bits per heavy atom. The second-order valence-corrected chi connectivity index (χ2v) is 9.42. The van der Waals surface area contributed by atoms with Crippen molar-refractivity contribution in [3.05, 3.63) is 58.7 Å². The minimum atomic E-state index is -4.20. The van der Waals surface area contributed by atoms with E-state index in [2.05, 4.69) is 0 Å². The highest BCUT2D eigenvalue weighted by Gasteiger charge is 2.31. The third-order valence-corrected chi connectivity index (χ3v) is 6.46. The van der Waals surface area contributed by atoms with E-state index in [0.717, 1.165) is 11.1 Å². The minimum Gasteiger partial charge on any atom is -0.483 e. The lowest BCUT2D eigenvalue weighted by Crippen LogP contribution is -2.34. The summed E-state index contributed by atoms with van der Waals surface area (Å²) in [6, 6.07) is 8.83. The Morgan fingerprint density at radius 1 is 1.19 bits per heavy atom. The Labute approximate surface area is 181 Å². The quantitative estimate of drug-likeness (QED) is 0.732. The highest BCUT2D eigenvalue weighted by molar-refractivity contribution is 7.90. The number of carbonyl (C=O) groups excluding carboxylic acids is 3. The number of aryl methyl sites for hydroxylation is 1. The van der Waals surface area contributed by atoms with Crippen LogP contribution in [0.2, 0.25) is 0 Å². The van der Waals surface area contributed by atoms with Crippen molar-refractivity contribution < 1.29 is 27.5 Å². The number of ketones is 1. The van der Waals surface area contributed by atoms with Crippen LogP contribution in [0.25, 0.3) is 0 Å². The molecule has 164 valence electrons. The molecule has 0 bridgehead atoms. The number of Topliss-reactive ketones (excluding diaryl/α,β-unsaturated/α-hetero) is 1. The van der Waals surface area contributed by atoms with Gasteiger partial charge in [-0.05, 0) is 48.2 Å². The molecule has 1 atom stereocenters. The number of benzene rings is 2. The number of fused-ring (bicyclic) bond motifs is 1. The molecule has 2 aromatic carbocycles. The molecule has 2 amide bonds. The van der Waals surface area contributed by atoms with Crippen molar-refractivity contribution in [2.45, 2.75) is 31.1 Å². The number of nitrogens with zero attached hydrogens (tertiary/aromatic N) is 1. The van der Waals surface area contributed by atoms with Gasteiger partial charge in [0.25, 0.3) is 21.8 Å². The van der Waals surface area contributed by atoms with Crippen LogP contribution in [0.1, 0.15) is 51.1 Å². The molecule has 3 rings (SSSR count). The fourth-order valence-electron chi connectivity index (χ4n) is 3.66. The maximum absolute atomic E-state index is 12.6. The molecule has 9 heteroatoms. The first kappa shape index (κ1) is 22.5. The predicted molar refractivity (Wildman–Crippen MR) is 114 cm³/mol. The van der Waals surface area contributed by atoms with E-state index in [9.17, 15) is 22.8 Å². The number of hydrogen-bond acceptors (Lipinski definition) is 6. The molecule has 0 saturated heterocycles. The van der Waals surface area contributed by atoms with Gasteiger partial charge in [0.15, 0.2) is 12.4 Å². The van der Waals surface area contributed by atoms with E-state index in [1.807, 2.05) is 24.6 Å². The molecule has 0 aromatic heterocycles. The fraction of sp³-hybridized carbons (Fsp3) is 0.318. The van der Waals surface area contributed by atoms with Crippen LogP contribution in [0, 0.1) is 6.92 Å². The van der Waals surface area contributed by atoms with E-state index in [1.54, 1.807) is 20.2 Å². The van der Waals surface area contributed by atoms with Crippen LogP contribution in [0.4, 0.5) is 0 Å². The maximum atomic E-state index is 12.6. The average molecular weight is 445 g/mol. The van der Waals surface area contributed by atoms with Gasteiger partial charge in [0, 0.05) is 26.1 Å². The van der Waals surface area contributed by atoms with Crippen molar-refractivity contribution in [2.24, 2.45) is 0 Å². The molecule has 1 aliphatic carbocycles. The van der Waals surface area contributed by atoms with E-state index in [0.29, 0.717) is 12.0 Å².